The van der Waals surface area contributed by atoms with Crippen molar-refractivity contribution in [1.82, 2.24) is 4.98 Å². The highest BCUT2D eigenvalue weighted by Crippen LogP contribution is 2.32. The van der Waals surface area contributed by atoms with Crippen molar-refractivity contribution in [2.24, 2.45) is 0 Å². The third kappa shape index (κ3) is 2.81. The van der Waals surface area contributed by atoms with E-state index in [-0.39, 0.29) is 5.97 Å². The van der Waals surface area contributed by atoms with Crippen molar-refractivity contribution in [2.75, 3.05) is 7.11 Å². The molecule has 0 atom stereocenters. The van der Waals surface area contributed by atoms with Gasteiger partial charge in [-0.2, -0.15) is 0 Å². The Kier molecular flexibility index (Phi) is 3.82. The number of H-pyrrole nitrogens is 1. The van der Waals surface area contributed by atoms with Gasteiger partial charge in [0.25, 0.3) is 0 Å². The molecule has 0 bridgehead atoms. The maximum Gasteiger partial charge on any atom is 0.338 e. The van der Waals surface area contributed by atoms with E-state index < -0.39 is 0 Å². The minimum Gasteiger partial charge on any atom is -0.465 e. The van der Waals surface area contributed by atoms with E-state index in [2.05, 4.69) is 23.2 Å². The molecule has 0 saturated heterocycles. The van der Waals surface area contributed by atoms with Crippen LogP contribution in [0.2, 0.25) is 0 Å². The lowest BCUT2D eigenvalue weighted by molar-refractivity contribution is 0.0602. The normalized spacial score (nSPS) is 10.8. The molecule has 3 nitrogen and oxygen atoms in total. The lowest BCUT2D eigenvalue weighted by Gasteiger charge is -2.08. The van der Waals surface area contributed by atoms with Gasteiger partial charge >= 0.3 is 5.97 Å². The van der Waals surface area contributed by atoms with Crippen LogP contribution in [0.25, 0.3) is 33.3 Å². The topological polar surface area (TPSA) is 42.1 Å². The van der Waals surface area contributed by atoms with Crippen LogP contribution in [0.5, 0.6) is 0 Å². The molecule has 3 heteroatoms. The predicted molar refractivity (Wildman–Crippen MR) is 101 cm³/mol. The summed E-state index contributed by atoms with van der Waals surface area (Å²) in [4.78, 5) is 15.7. The third-order valence-electron chi connectivity index (χ3n) is 4.33. The lowest BCUT2D eigenvalue weighted by atomic mass is 9.98. The summed E-state index contributed by atoms with van der Waals surface area (Å²) in [7, 11) is 1.41. The van der Waals surface area contributed by atoms with Gasteiger partial charge in [-0.25, -0.2) is 4.79 Å². The van der Waals surface area contributed by atoms with Crippen molar-refractivity contribution in [3.8, 4) is 22.4 Å². The number of aromatic nitrogens is 1. The molecule has 0 aliphatic rings. The molecule has 1 heterocycles. The Balaban J connectivity index is 1.93. The number of fused-ring (bicyclic) bond motifs is 1. The van der Waals surface area contributed by atoms with E-state index in [4.69, 9.17) is 4.74 Å². The second kappa shape index (κ2) is 6.29. The quantitative estimate of drug-likeness (QED) is 0.520. The van der Waals surface area contributed by atoms with Gasteiger partial charge in [0.15, 0.2) is 0 Å². The number of rotatable bonds is 3. The minimum absolute atomic E-state index is 0.336. The zero-order valence-corrected chi connectivity index (χ0v) is 13.8. The van der Waals surface area contributed by atoms with Crippen molar-refractivity contribution in [3.05, 3.63) is 84.4 Å². The number of ether oxygens (including phenoxy) is 1. The lowest BCUT2D eigenvalue weighted by Crippen LogP contribution is -2.03. The first-order valence-corrected chi connectivity index (χ1v) is 8.12. The molecule has 1 aromatic heterocycles. The molecule has 25 heavy (non-hydrogen) atoms. The van der Waals surface area contributed by atoms with Crippen LogP contribution >= 0.6 is 0 Å². The molecule has 0 radical (unpaired) electrons. The number of aromatic amines is 1. The van der Waals surface area contributed by atoms with E-state index in [0.717, 1.165) is 33.3 Å². The Morgan fingerprint density at radius 2 is 1.48 bits per heavy atom. The van der Waals surface area contributed by atoms with Crippen LogP contribution in [0.3, 0.4) is 0 Å². The summed E-state index contributed by atoms with van der Waals surface area (Å²) >= 11 is 0. The molecule has 1 N–H and O–H groups in total. The predicted octanol–water partition coefficient (Wildman–Crippen LogP) is 5.29. The molecule has 0 unspecified atom stereocenters. The summed E-state index contributed by atoms with van der Waals surface area (Å²) < 4.78 is 4.99. The Labute approximate surface area is 145 Å². The number of nitrogens with one attached hydrogen (secondary N) is 1. The first kappa shape index (κ1) is 15.2. The second-order valence-corrected chi connectivity index (χ2v) is 5.89. The molecule has 0 aliphatic heterocycles. The highest BCUT2D eigenvalue weighted by Gasteiger charge is 2.16. The summed E-state index contributed by atoms with van der Waals surface area (Å²) in [6, 6.07) is 26.0. The van der Waals surface area contributed by atoms with Crippen LogP contribution in [0.4, 0.5) is 0 Å². The van der Waals surface area contributed by atoms with Crippen LogP contribution in [0.15, 0.2) is 78.9 Å². The van der Waals surface area contributed by atoms with E-state index >= 15 is 0 Å². The summed E-state index contributed by atoms with van der Waals surface area (Å²) in [6.45, 7) is 0. The summed E-state index contributed by atoms with van der Waals surface area (Å²) in [5, 5.41) is 1.06. The number of carbonyl (C=O) groups is 1. The highest BCUT2D eigenvalue weighted by molar-refractivity contribution is 6.03. The number of hydrogen-bond donors (Lipinski definition) is 1. The van der Waals surface area contributed by atoms with Crippen molar-refractivity contribution in [1.29, 1.82) is 0 Å². The standard InChI is InChI=1S/C22H17NO2/c1-25-22(24)19-14-21-17(12-18(19)15-8-4-2-5-9-15)13-20(23-21)16-10-6-3-7-11-16/h2-14,23H,1H3. The van der Waals surface area contributed by atoms with Crippen molar-refractivity contribution < 1.29 is 9.53 Å². The van der Waals surface area contributed by atoms with E-state index in [1.165, 1.54) is 7.11 Å². The minimum atomic E-state index is -0.336. The third-order valence-corrected chi connectivity index (χ3v) is 4.33. The highest BCUT2D eigenvalue weighted by atomic mass is 16.5. The summed E-state index contributed by atoms with van der Waals surface area (Å²) in [6.07, 6.45) is 0. The Morgan fingerprint density at radius 1 is 0.840 bits per heavy atom. The molecule has 3 aromatic carbocycles. The van der Waals surface area contributed by atoms with Gasteiger partial charge in [-0.3, -0.25) is 0 Å². The molecule has 0 saturated carbocycles. The SMILES string of the molecule is COC(=O)c1cc2[nH]c(-c3ccccc3)cc2cc1-c1ccccc1. The number of carbonyl (C=O) groups excluding carboxylic acids is 1. The van der Waals surface area contributed by atoms with Crippen LogP contribution in [0, 0.1) is 0 Å². The van der Waals surface area contributed by atoms with Crippen molar-refractivity contribution in [3.63, 3.8) is 0 Å². The van der Waals surface area contributed by atoms with Gasteiger partial charge in [0.2, 0.25) is 0 Å². The monoisotopic (exact) mass is 327 g/mol. The van der Waals surface area contributed by atoms with E-state index in [9.17, 15) is 4.79 Å². The molecule has 122 valence electrons. The first-order chi connectivity index (χ1) is 12.3. The van der Waals surface area contributed by atoms with E-state index in [1.807, 2.05) is 60.7 Å². The van der Waals surface area contributed by atoms with Gasteiger partial charge < -0.3 is 9.72 Å². The van der Waals surface area contributed by atoms with E-state index in [0.29, 0.717) is 5.56 Å². The number of benzene rings is 3. The largest absolute Gasteiger partial charge is 0.465 e. The maximum atomic E-state index is 12.3. The Hall–Kier alpha value is -3.33. The fourth-order valence-corrected chi connectivity index (χ4v) is 3.09. The Bertz CT molecular complexity index is 1030. The number of hydrogen-bond acceptors (Lipinski definition) is 2. The zero-order valence-electron chi connectivity index (χ0n) is 13.8. The first-order valence-electron chi connectivity index (χ1n) is 8.12. The van der Waals surface area contributed by atoms with Gasteiger partial charge in [0, 0.05) is 16.6 Å². The fraction of sp³-hybridized carbons (Fsp3) is 0.0455. The van der Waals surface area contributed by atoms with Crippen LogP contribution in [0.1, 0.15) is 10.4 Å². The fourth-order valence-electron chi connectivity index (χ4n) is 3.09. The molecule has 4 rings (SSSR count). The van der Waals surface area contributed by atoms with Gasteiger partial charge in [0.05, 0.1) is 12.7 Å². The van der Waals surface area contributed by atoms with Gasteiger partial charge in [-0.05, 0) is 34.9 Å². The van der Waals surface area contributed by atoms with Crippen molar-refractivity contribution in [2.45, 2.75) is 0 Å². The van der Waals surface area contributed by atoms with Gasteiger partial charge in [-0.15, -0.1) is 0 Å². The summed E-state index contributed by atoms with van der Waals surface area (Å²) in [5.41, 5.74) is 5.48. The molecule has 4 aromatic rings. The smallest absolute Gasteiger partial charge is 0.338 e. The number of esters is 1. The number of methoxy groups -OCH3 is 1. The molecular weight excluding hydrogens is 310 g/mol. The van der Waals surface area contributed by atoms with Crippen LogP contribution in [-0.4, -0.2) is 18.1 Å². The molecule has 0 amide bonds. The molecule has 0 spiro atoms. The summed E-state index contributed by atoms with van der Waals surface area (Å²) in [5.74, 6) is -0.336. The molecular formula is C22H17NO2. The average molecular weight is 327 g/mol. The zero-order chi connectivity index (χ0) is 17.2. The average Bonchev–Trinajstić information content (AvgIpc) is 3.11. The Morgan fingerprint density at radius 3 is 2.12 bits per heavy atom. The van der Waals surface area contributed by atoms with E-state index in [1.54, 1.807) is 0 Å². The molecule has 0 fully saturated rings. The second-order valence-electron chi connectivity index (χ2n) is 5.89. The van der Waals surface area contributed by atoms with Crippen LogP contribution in [-0.2, 0) is 4.74 Å². The van der Waals surface area contributed by atoms with Crippen molar-refractivity contribution >= 4 is 16.9 Å². The maximum absolute atomic E-state index is 12.3. The van der Waals surface area contributed by atoms with Crippen LogP contribution < -0.4 is 0 Å². The van der Waals surface area contributed by atoms with Gasteiger partial charge in [0.1, 0.15) is 0 Å². The van der Waals surface area contributed by atoms with Gasteiger partial charge in [-0.1, -0.05) is 60.7 Å². The molecule has 0 aliphatic carbocycles.